The number of sulfonamides is 1. The molecule has 0 spiro atoms. The number of para-hydroxylation sites is 1. The standard InChI is InChI=1S/C13H11ClN2O2S3/c1-8-4-3-5-9-12(8)16(2)13(19-9)15-21(17,18)11-7-6-10(14)20-11/h3-7H,1-2H3. The third-order valence-corrected chi connectivity index (χ3v) is 7.20. The molecule has 0 saturated carbocycles. The fourth-order valence-electron chi connectivity index (χ4n) is 2.07. The maximum absolute atomic E-state index is 12.3. The number of aryl methyl sites for hydroxylation is 2. The van der Waals surface area contributed by atoms with E-state index in [0.29, 0.717) is 9.14 Å². The van der Waals surface area contributed by atoms with Gasteiger partial charge in [0.15, 0.2) is 0 Å². The van der Waals surface area contributed by atoms with Gasteiger partial charge in [0, 0.05) is 7.05 Å². The molecule has 0 atom stereocenters. The van der Waals surface area contributed by atoms with Crippen molar-refractivity contribution in [3.05, 3.63) is 45.0 Å². The molecular weight excluding hydrogens is 348 g/mol. The summed E-state index contributed by atoms with van der Waals surface area (Å²) >= 11 is 8.16. The quantitative estimate of drug-likeness (QED) is 0.703. The molecule has 0 aliphatic carbocycles. The van der Waals surface area contributed by atoms with Crippen LogP contribution in [0.1, 0.15) is 5.56 Å². The minimum atomic E-state index is -3.73. The second kappa shape index (κ2) is 5.24. The van der Waals surface area contributed by atoms with E-state index in [4.69, 9.17) is 11.6 Å². The van der Waals surface area contributed by atoms with Crippen molar-refractivity contribution < 1.29 is 8.42 Å². The Bertz CT molecular complexity index is 996. The van der Waals surface area contributed by atoms with Gasteiger partial charge in [-0.2, -0.15) is 8.42 Å². The molecule has 1 aromatic carbocycles. The smallest absolute Gasteiger partial charge is 0.294 e. The Morgan fingerprint density at radius 3 is 2.57 bits per heavy atom. The zero-order valence-electron chi connectivity index (χ0n) is 11.2. The topological polar surface area (TPSA) is 51.4 Å². The molecule has 0 N–H and O–H groups in total. The summed E-state index contributed by atoms with van der Waals surface area (Å²) in [5.41, 5.74) is 2.09. The second-order valence-electron chi connectivity index (χ2n) is 4.49. The fourth-order valence-corrected chi connectivity index (χ4v) is 5.85. The fraction of sp³-hybridized carbons (Fsp3) is 0.154. The van der Waals surface area contributed by atoms with Crippen molar-refractivity contribution in [1.82, 2.24) is 4.57 Å². The summed E-state index contributed by atoms with van der Waals surface area (Å²) in [4.78, 5) is 0.448. The van der Waals surface area contributed by atoms with Gasteiger partial charge in [-0.25, -0.2) is 0 Å². The lowest BCUT2D eigenvalue weighted by Gasteiger charge is -1.99. The molecule has 110 valence electrons. The minimum absolute atomic E-state index is 0.154. The highest BCUT2D eigenvalue weighted by molar-refractivity contribution is 7.92. The van der Waals surface area contributed by atoms with E-state index >= 15 is 0 Å². The SMILES string of the molecule is Cc1cccc2sc(=NS(=O)(=O)c3ccc(Cl)s3)n(C)c12. The molecule has 2 aromatic heterocycles. The van der Waals surface area contributed by atoms with Gasteiger partial charge >= 0.3 is 0 Å². The van der Waals surface area contributed by atoms with E-state index in [1.807, 2.05) is 36.7 Å². The number of fused-ring (bicyclic) bond motifs is 1. The molecule has 0 fully saturated rings. The highest BCUT2D eigenvalue weighted by atomic mass is 35.5. The van der Waals surface area contributed by atoms with E-state index < -0.39 is 10.0 Å². The highest BCUT2D eigenvalue weighted by Gasteiger charge is 2.16. The Balaban J connectivity index is 2.25. The van der Waals surface area contributed by atoms with Crippen LogP contribution in [0.15, 0.2) is 38.9 Å². The van der Waals surface area contributed by atoms with E-state index in [-0.39, 0.29) is 4.21 Å². The number of hydrogen-bond donors (Lipinski definition) is 0. The summed E-state index contributed by atoms with van der Waals surface area (Å²) in [6.07, 6.45) is 0. The Morgan fingerprint density at radius 2 is 1.95 bits per heavy atom. The molecular formula is C13H11ClN2O2S3. The largest absolute Gasteiger partial charge is 0.319 e. The second-order valence-corrected chi connectivity index (χ2v) is 9.05. The molecule has 0 radical (unpaired) electrons. The lowest BCUT2D eigenvalue weighted by molar-refractivity contribution is 0.598. The van der Waals surface area contributed by atoms with Crippen LogP contribution in [0.4, 0.5) is 0 Å². The third kappa shape index (κ3) is 2.66. The number of benzene rings is 1. The van der Waals surface area contributed by atoms with Gasteiger partial charge in [0.05, 0.1) is 14.6 Å². The molecule has 8 heteroatoms. The van der Waals surface area contributed by atoms with Gasteiger partial charge in [0.25, 0.3) is 10.0 Å². The van der Waals surface area contributed by atoms with E-state index in [0.717, 1.165) is 27.1 Å². The molecule has 3 aromatic rings. The summed E-state index contributed by atoms with van der Waals surface area (Å²) in [7, 11) is -1.91. The lowest BCUT2D eigenvalue weighted by atomic mass is 10.2. The van der Waals surface area contributed by atoms with Crippen molar-refractivity contribution >= 4 is 54.5 Å². The van der Waals surface area contributed by atoms with Crippen LogP contribution in [-0.2, 0) is 17.1 Å². The highest BCUT2D eigenvalue weighted by Crippen LogP contribution is 2.27. The summed E-state index contributed by atoms with van der Waals surface area (Å²) in [5, 5.41) is 0. The number of thiophene rings is 1. The molecule has 0 amide bonds. The van der Waals surface area contributed by atoms with Gasteiger partial charge in [-0.15, -0.1) is 15.7 Å². The van der Waals surface area contributed by atoms with Crippen LogP contribution in [0.25, 0.3) is 10.2 Å². The predicted octanol–water partition coefficient (Wildman–Crippen LogP) is 3.55. The molecule has 4 nitrogen and oxygen atoms in total. The maximum atomic E-state index is 12.3. The van der Waals surface area contributed by atoms with Crippen molar-refractivity contribution in [2.24, 2.45) is 11.4 Å². The minimum Gasteiger partial charge on any atom is -0.319 e. The number of rotatable bonds is 2. The van der Waals surface area contributed by atoms with Crippen LogP contribution in [0, 0.1) is 6.92 Å². The number of halogens is 1. The normalized spacial score (nSPS) is 13.2. The molecule has 0 unspecified atom stereocenters. The first-order chi connectivity index (χ1) is 9.88. The van der Waals surface area contributed by atoms with Crippen LogP contribution in [0.2, 0.25) is 4.34 Å². The Morgan fingerprint density at radius 1 is 1.19 bits per heavy atom. The van der Waals surface area contributed by atoms with Gasteiger partial charge < -0.3 is 4.57 Å². The van der Waals surface area contributed by atoms with Gasteiger partial charge in [-0.3, -0.25) is 0 Å². The molecule has 0 aliphatic heterocycles. The van der Waals surface area contributed by atoms with Gasteiger partial charge in [-0.05, 0) is 30.7 Å². The number of aromatic nitrogens is 1. The first-order valence-electron chi connectivity index (χ1n) is 6.00. The van der Waals surface area contributed by atoms with Gasteiger partial charge in [0.2, 0.25) is 4.80 Å². The van der Waals surface area contributed by atoms with E-state index in [1.54, 1.807) is 6.07 Å². The Hall–Kier alpha value is -1.15. The monoisotopic (exact) mass is 358 g/mol. The summed E-state index contributed by atoms with van der Waals surface area (Å²) < 4.78 is 32.0. The van der Waals surface area contributed by atoms with E-state index in [1.165, 1.54) is 17.4 Å². The molecule has 0 bridgehead atoms. The first kappa shape index (κ1) is 14.8. The molecule has 0 aliphatic rings. The predicted molar refractivity (Wildman–Crippen MR) is 87.6 cm³/mol. The van der Waals surface area contributed by atoms with Crippen LogP contribution in [0.3, 0.4) is 0 Å². The Labute approximate surface area is 135 Å². The number of thiazole rings is 1. The summed E-state index contributed by atoms with van der Waals surface area (Å²) in [6, 6.07) is 8.94. The molecule has 21 heavy (non-hydrogen) atoms. The maximum Gasteiger partial charge on any atom is 0.294 e. The summed E-state index contributed by atoms with van der Waals surface area (Å²) in [5.74, 6) is 0. The average Bonchev–Trinajstić information content (AvgIpc) is 2.96. The molecule has 2 heterocycles. The van der Waals surface area contributed by atoms with Crippen LogP contribution >= 0.6 is 34.3 Å². The van der Waals surface area contributed by atoms with Gasteiger partial charge in [0.1, 0.15) is 4.21 Å². The van der Waals surface area contributed by atoms with Crippen molar-refractivity contribution in [3.8, 4) is 0 Å². The van der Waals surface area contributed by atoms with Crippen molar-refractivity contribution in [1.29, 1.82) is 0 Å². The lowest BCUT2D eigenvalue weighted by Crippen LogP contribution is -2.13. The van der Waals surface area contributed by atoms with Crippen molar-refractivity contribution in [2.75, 3.05) is 0 Å². The van der Waals surface area contributed by atoms with E-state index in [2.05, 4.69) is 4.40 Å². The number of hydrogen-bond acceptors (Lipinski definition) is 4. The zero-order chi connectivity index (χ0) is 15.2. The van der Waals surface area contributed by atoms with Crippen LogP contribution < -0.4 is 4.80 Å². The summed E-state index contributed by atoms with van der Waals surface area (Å²) in [6.45, 7) is 1.99. The average molecular weight is 359 g/mol. The molecule has 0 saturated heterocycles. The van der Waals surface area contributed by atoms with Crippen molar-refractivity contribution in [2.45, 2.75) is 11.1 Å². The molecule has 3 rings (SSSR count). The first-order valence-corrected chi connectivity index (χ1v) is 9.45. The zero-order valence-corrected chi connectivity index (χ0v) is 14.4. The third-order valence-electron chi connectivity index (χ3n) is 3.03. The Kier molecular flexibility index (Phi) is 3.69. The van der Waals surface area contributed by atoms with Crippen LogP contribution in [-0.4, -0.2) is 13.0 Å². The van der Waals surface area contributed by atoms with E-state index in [9.17, 15) is 8.42 Å². The van der Waals surface area contributed by atoms with Crippen LogP contribution in [0.5, 0.6) is 0 Å². The van der Waals surface area contributed by atoms with Gasteiger partial charge in [-0.1, -0.05) is 35.1 Å². The number of nitrogens with zero attached hydrogens (tertiary/aromatic N) is 2. The van der Waals surface area contributed by atoms with Crippen molar-refractivity contribution in [3.63, 3.8) is 0 Å².